The SMILES string of the molecule is O=C(Cc1ccccc1)OC(=O)Nc1nc(C(F)(F)F)cs1. The Hall–Kier alpha value is -2.42. The Morgan fingerprint density at radius 1 is 1.23 bits per heavy atom. The number of carbonyl (C=O) groups is 2. The summed E-state index contributed by atoms with van der Waals surface area (Å²) in [6.45, 7) is 0. The van der Waals surface area contributed by atoms with Gasteiger partial charge in [-0.2, -0.15) is 13.2 Å². The molecule has 22 heavy (non-hydrogen) atoms. The van der Waals surface area contributed by atoms with Gasteiger partial charge < -0.3 is 4.74 Å². The third-order valence-corrected chi connectivity index (χ3v) is 3.16. The zero-order valence-corrected chi connectivity index (χ0v) is 11.7. The molecule has 0 aliphatic heterocycles. The van der Waals surface area contributed by atoms with E-state index in [1.807, 2.05) is 5.32 Å². The van der Waals surface area contributed by atoms with E-state index in [4.69, 9.17) is 0 Å². The maximum absolute atomic E-state index is 12.3. The number of halogens is 3. The molecule has 5 nitrogen and oxygen atoms in total. The topological polar surface area (TPSA) is 68.3 Å². The Balaban J connectivity index is 1.87. The molecule has 0 saturated heterocycles. The second-order valence-corrected chi connectivity index (χ2v) is 4.94. The van der Waals surface area contributed by atoms with Gasteiger partial charge in [0.05, 0.1) is 6.42 Å². The molecule has 1 aromatic carbocycles. The first-order chi connectivity index (χ1) is 10.3. The fourth-order valence-electron chi connectivity index (χ4n) is 1.48. The lowest BCUT2D eigenvalue weighted by Gasteiger charge is -2.03. The van der Waals surface area contributed by atoms with Gasteiger partial charge in [0.15, 0.2) is 10.8 Å². The van der Waals surface area contributed by atoms with Crippen molar-refractivity contribution in [3.63, 3.8) is 0 Å². The fourth-order valence-corrected chi connectivity index (χ4v) is 2.18. The second kappa shape index (κ2) is 6.56. The molecule has 0 spiro atoms. The van der Waals surface area contributed by atoms with Gasteiger partial charge in [-0.05, 0) is 5.56 Å². The van der Waals surface area contributed by atoms with Crippen molar-refractivity contribution < 1.29 is 27.5 Å². The highest BCUT2D eigenvalue weighted by atomic mass is 32.1. The Labute approximate surface area is 126 Å². The van der Waals surface area contributed by atoms with Crippen LogP contribution in [0.5, 0.6) is 0 Å². The first kappa shape index (κ1) is 16.0. The number of carbonyl (C=O) groups excluding carboxylic acids is 2. The Kier molecular flexibility index (Phi) is 4.76. The van der Waals surface area contributed by atoms with Crippen molar-refractivity contribution in [3.8, 4) is 0 Å². The third-order valence-electron chi connectivity index (χ3n) is 2.40. The van der Waals surface area contributed by atoms with E-state index < -0.39 is 23.9 Å². The van der Waals surface area contributed by atoms with Crippen LogP contribution in [0.25, 0.3) is 0 Å². The molecule has 0 unspecified atom stereocenters. The summed E-state index contributed by atoms with van der Waals surface area (Å²) < 4.78 is 41.5. The number of esters is 1. The van der Waals surface area contributed by atoms with Crippen LogP contribution < -0.4 is 5.32 Å². The zero-order chi connectivity index (χ0) is 16.2. The van der Waals surface area contributed by atoms with Crippen molar-refractivity contribution in [1.82, 2.24) is 4.98 Å². The summed E-state index contributed by atoms with van der Waals surface area (Å²) in [7, 11) is 0. The highest BCUT2D eigenvalue weighted by molar-refractivity contribution is 7.13. The number of alkyl halides is 3. The lowest BCUT2D eigenvalue weighted by molar-refractivity contribution is -0.140. The fraction of sp³-hybridized carbons (Fsp3) is 0.154. The van der Waals surface area contributed by atoms with Gasteiger partial charge >= 0.3 is 18.2 Å². The van der Waals surface area contributed by atoms with Gasteiger partial charge in [-0.3, -0.25) is 10.1 Å². The number of nitrogens with zero attached hydrogens (tertiary/aromatic N) is 1. The number of amides is 1. The molecular weight excluding hydrogens is 321 g/mol. The van der Waals surface area contributed by atoms with Gasteiger partial charge in [-0.25, -0.2) is 9.78 Å². The monoisotopic (exact) mass is 330 g/mol. The first-order valence-electron chi connectivity index (χ1n) is 5.93. The highest BCUT2D eigenvalue weighted by Gasteiger charge is 2.34. The van der Waals surface area contributed by atoms with Crippen molar-refractivity contribution in [1.29, 1.82) is 0 Å². The molecule has 0 saturated carbocycles. The van der Waals surface area contributed by atoms with Crippen LogP contribution in [0.2, 0.25) is 0 Å². The van der Waals surface area contributed by atoms with Gasteiger partial charge in [-0.1, -0.05) is 30.3 Å². The molecule has 1 N–H and O–H groups in total. The molecule has 9 heteroatoms. The van der Waals surface area contributed by atoms with Gasteiger partial charge in [0.1, 0.15) is 0 Å². The molecule has 0 aliphatic carbocycles. The number of aromatic nitrogens is 1. The predicted octanol–water partition coefficient (Wildman–Crippen LogP) is 3.48. The number of hydrogen-bond donors (Lipinski definition) is 1. The minimum atomic E-state index is -4.59. The van der Waals surface area contributed by atoms with Crippen LogP contribution in [0.4, 0.5) is 23.1 Å². The minimum Gasteiger partial charge on any atom is -0.376 e. The van der Waals surface area contributed by atoms with Crippen molar-refractivity contribution in [2.24, 2.45) is 0 Å². The average molecular weight is 330 g/mol. The number of thiazole rings is 1. The standard InChI is InChI=1S/C13H9F3N2O3S/c14-13(15,16)9-7-22-11(17-9)18-12(20)21-10(19)6-8-4-2-1-3-5-8/h1-5,7H,6H2,(H,17,18,20). The van der Waals surface area contributed by atoms with Crippen molar-refractivity contribution >= 4 is 28.5 Å². The van der Waals surface area contributed by atoms with E-state index in [1.54, 1.807) is 30.3 Å². The first-order valence-corrected chi connectivity index (χ1v) is 6.81. The lowest BCUT2D eigenvalue weighted by Crippen LogP contribution is -2.20. The van der Waals surface area contributed by atoms with E-state index in [0.717, 1.165) is 5.38 Å². The van der Waals surface area contributed by atoms with Crippen LogP contribution in [0, 0.1) is 0 Å². The predicted molar refractivity (Wildman–Crippen MR) is 72.4 cm³/mol. The number of ether oxygens (including phenoxy) is 1. The molecule has 0 atom stereocenters. The third kappa shape index (κ3) is 4.55. The van der Waals surface area contributed by atoms with E-state index >= 15 is 0 Å². The zero-order valence-electron chi connectivity index (χ0n) is 10.9. The van der Waals surface area contributed by atoms with Crippen LogP contribution in [0.1, 0.15) is 11.3 Å². The van der Waals surface area contributed by atoms with E-state index in [-0.39, 0.29) is 11.6 Å². The van der Waals surface area contributed by atoms with Crippen LogP contribution in [-0.4, -0.2) is 17.0 Å². The molecule has 0 radical (unpaired) electrons. The normalized spacial score (nSPS) is 11.0. The Morgan fingerprint density at radius 2 is 1.91 bits per heavy atom. The molecule has 0 fully saturated rings. The van der Waals surface area contributed by atoms with E-state index in [1.165, 1.54) is 0 Å². The Morgan fingerprint density at radius 3 is 2.50 bits per heavy atom. The van der Waals surface area contributed by atoms with Gasteiger partial charge in [-0.15, -0.1) is 11.3 Å². The number of rotatable bonds is 3. The quantitative estimate of drug-likeness (QED) is 0.691. The van der Waals surface area contributed by atoms with Crippen molar-refractivity contribution in [2.45, 2.75) is 12.6 Å². The molecule has 1 heterocycles. The van der Waals surface area contributed by atoms with E-state index in [0.29, 0.717) is 16.9 Å². The molecule has 1 aromatic heterocycles. The van der Waals surface area contributed by atoms with Crippen LogP contribution in [0.15, 0.2) is 35.7 Å². The number of anilines is 1. The molecular formula is C13H9F3N2O3S. The maximum atomic E-state index is 12.3. The lowest BCUT2D eigenvalue weighted by atomic mass is 10.2. The van der Waals surface area contributed by atoms with Gasteiger partial charge in [0.25, 0.3) is 0 Å². The largest absolute Gasteiger partial charge is 0.434 e. The summed E-state index contributed by atoms with van der Waals surface area (Å²) in [6.07, 6.45) is -5.90. The number of benzene rings is 1. The second-order valence-electron chi connectivity index (χ2n) is 4.08. The summed E-state index contributed by atoms with van der Waals surface area (Å²) in [5.41, 5.74) is -0.475. The van der Waals surface area contributed by atoms with Crippen LogP contribution >= 0.6 is 11.3 Å². The van der Waals surface area contributed by atoms with Crippen LogP contribution in [-0.2, 0) is 22.1 Å². The Bertz CT molecular complexity index is 671. The molecule has 0 bridgehead atoms. The summed E-state index contributed by atoms with van der Waals surface area (Å²) in [6, 6.07) is 8.56. The van der Waals surface area contributed by atoms with Gasteiger partial charge in [0, 0.05) is 5.38 Å². The van der Waals surface area contributed by atoms with Crippen molar-refractivity contribution in [2.75, 3.05) is 5.32 Å². The van der Waals surface area contributed by atoms with E-state index in [2.05, 4.69) is 9.72 Å². The molecule has 2 rings (SSSR count). The molecule has 0 aliphatic rings. The summed E-state index contributed by atoms with van der Waals surface area (Å²) in [5.74, 6) is -0.823. The molecule has 2 aromatic rings. The minimum absolute atomic E-state index is 0.125. The number of nitrogens with one attached hydrogen (secondary N) is 1. The van der Waals surface area contributed by atoms with Gasteiger partial charge in [0.2, 0.25) is 0 Å². The van der Waals surface area contributed by atoms with E-state index in [9.17, 15) is 22.8 Å². The summed E-state index contributed by atoms with van der Waals surface area (Å²) in [5, 5.41) is 2.43. The smallest absolute Gasteiger partial charge is 0.376 e. The van der Waals surface area contributed by atoms with Crippen molar-refractivity contribution in [3.05, 3.63) is 47.0 Å². The summed E-state index contributed by atoms with van der Waals surface area (Å²) in [4.78, 5) is 26.1. The molecule has 116 valence electrons. The average Bonchev–Trinajstić information content (AvgIpc) is 2.87. The highest BCUT2D eigenvalue weighted by Crippen LogP contribution is 2.31. The molecule has 1 amide bonds. The van der Waals surface area contributed by atoms with Crippen LogP contribution in [0.3, 0.4) is 0 Å². The number of hydrogen-bond acceptors (Lipinski definition) is 5. The maximum Gasteiger partial charge on any atom is 0.434 e. The summed E-state index contributed by atoms with van der Waals surface area (Å²) >= 11 is 0.581.